The summed E-state index contributed by atoms with van der Waals surface area (Å²) >= 11 is 0. The molecule has 1 aliphatic rings. The molecule has 0 bridgehead atoms. The number of aliphatic hydroxyl groups excluding tert-OH is 1. The average Bonchev–Trinajstić information content (AvgIpc) is 2.43. The van der Waals surface area contributed by atoms with Gasteiger partial charge in [-0.15, -0.1) is 0 Å². The number of likely N-dealkylation sites (N-methyl/N-ethyl adjacent to an activating group) is 1. The fourth-order valence-electron chi connectivity index (χ4n) is 3.25. The minimum absolute atomic E-state index is 0.230. The number of methoxy groups -OCH3 is 1. The summed E-state index contributed by atoms with van der Waals surface area (Å²) in [5.74, 6) is 0.783. The Hall–Kier alpha value is -0.200. The predicted octanol–water partition coefficient (Wildman–Crippen LogP) is 1.11. The Kier molecular flexibility index (Phi) is 8.74. The molecule has 0 aliphatic heterocycles. The fourth-order valence-corrected chi connectivity index (χ4v) is 3.25. The van der Waals surface area contributed by atoms with Gasteiger partial charge >= 0.3 is 0 Å². The van der Waals surface area contributed by atoms with Crippen LogP contribution in [0.5, 0.6) is 0 Å². The van der Waals surface area contributed by atoms with Crippen LogP contribution in [0.1, 0.15) is 32.6 Å². The Morgan fingerprint density at radius 2 is 2.14 bits per heavy atom. The lowest BCUT2D eigenvalue weighted by molar-refractivity contribution is 0.0106. The maximum atomic E-state index is 9.91. The van der Waals surface area contributed by atoms with Crippen LogP contribution in [-0.4, -0.2) is 75.8 Å². The standard InChI is InChI=1S/C16H34N2O3/c1-14-6-5-7-16(10-14,18(2)3)13-17-11-15(19)12-21-9-8-20-4/h14-15,17,19H,5-13H2,1-4H3. The summed E-state index contributed by atoms with van der Waals surface area (Å²) in [7, 11) is 5.99. The van der Waals surface area contributed by atoms with E-state index in [1.807, 2.05) is 0 Å². The van der Waals surface area contributed by atoms with Gasteiger partial charge in [-0.2, -0.15) is 0 Å². The van der Waals surface area contributed by atoms with Gasteiger partial charge in [-0.05, 0) is 32.9 Å². The van der Waals surface area contributed by atoms with E-state index in [1.54, 1.807) is 7.11 Å². The van der Waals surface area contributed by atoms with Crippen molar-refractivity contribution in [3.63, 3.8) is 0 Å². The normalized spacial score (nSPS) is 28.0. The Labute approximate surface area is 130 Å². The number of ether oxygens (including phenoxy) is 2. The smallest absolute Gasteiger partial charge is 0.0897 e. The first-order valence-electron chi connectivity index (χ1n) is 8.13. The first-order valence-corrected chi connectivity index (χ1v) is 8.13. The van der Waals surface area contributed by atoms with Gasteiger partial charge in [-0.25, -0.2) is 0 Å². The highest BCUT2D eigenvalue weighted by Crippen LogP contribution is 2.35. The largest absolute Gasteiger partial charge is 0.389 e. The van der Waals surface area contributed by atoms with Gasteiger partial charge in [-0.3, -0.25) is 0 Å². The lowest BCUT2D eigenvalue weighted by Gasteiger charge is -2.45. The summed E-state index contributed by atoms with van der Waals surface area (Å²) in [4.78, 5) is 2.36. The van der Waals surface area contributed by atoms with Crippen LogP contribution in [0.2, 0.25) is 0 Å². The van der Waals surface area contributed by atoms with Gasteiger partial charge in [0.2, 0.25) is 0 Å². The van der Waals surface area contributed by atoms with Crippen LogP contribution >= 0.6 is 0 Å². The number of hydrogen-bond donors (Lipinski definition) is 2. The summed E-state index contributed by atoms with van der Waals surface area (Å²) in [6, 6.07) is 0. The molecule has 1 rings (SSSR count). The maximum absolute atomic E-state index is 9.91. The molecule has 0 aromatic carbocycles. The third kappa shape index (κ3) is 6.61. The molecular weight excluding hydrogens is 268 g/mol. The van der Waals surface area contributed by atoms with Crippen molar-refractivity contribution in [2.75, 3.05) is 54.1 Å². The molecule has 0 saturated heterocycles. The molecule has 0 heterocycles. The molecule has 21 heavy (non-hydrogen) atoms. The molecule has 0 radical (unpaired) electrons. The van der Waals surface area contributed by atoms with E-state index < -0.39 is 6.10 Å². The monoisotopic (exact) mass is 302 g/mol. The molecule has 0 spiro atoms. The van der Waals surface area contributed by atoms with Crippen LogP contribution in [0.25, 0.3) is 0 Å². The minimum atomic E-state index is -0.456. The summed E-state index contributed by atoms with van der Waals surface area (Å²) in [6.45, 7) is 5.32. The fraction of sp³-hybridized carbons (Fsp3) is 1.00. The Balaban J connectivity index is 2.27. The van der Waals surface area contributed by atoms with Crippen molar-refractivity contribution >= 4 is 0 Å². The second-order valence-corrected chi connectivity index (χ2v) is 6.67. The van der Waals surface area contributed by atoms with Crippen LogP contribution in [0, 0.1) is 5.92 Å². The highest BCUT2D eigenvalue weighted by atomic mass is 16.5. The van der Waals surface area contributed by atoms with Gasteiger partial charge in [-0.1, -0.05) is 19.8 Å². The van der Waals surface area contributed by atoms with E-state index in [0.29, 0.717) is 26.4 Å². The highest BCUT2D eigenvalue weighted by Gasteiger charge is 2.36. The first kappa shape index (κ1) is 18.8. The van der Waals surface area contributed by atoms with Crippen molar-refractivity contribution < 1.29 is 14.6 Å². The van der Waals surface area contributed by atoms with Crippen molar-refractivity contribution in [2.24, 2.45) is 5.92 Å². The van der Waals surface area contributed by atoms with Crippen LogP contribution < -0.4 is 5.32 Å². The van der Waals surface area contributed by atoms with Crippen LogP contribution in [0.4, 0.5) is 0 Å². The van der Waals surface area contributed by atoms with Crippen molar-refractivity contribution in [2.45, 2.75) is 44.2 Å². The quantitative estimate of drug-likeness (QED) is 0.592. The molecule has 3 atom stereocenters. The Bertz CT molecular complexity index is 276. The van der Waals surface area contributed by atoms with E-state index in [2.05, 4.69) is 31.2 Å². The van der Waals surface area contributed by atoms with E-state index in [9.17, 15) is 5.11 Å². The number of nitrogens with zero attached hydrogens (tertiary/aromatic N) is 1. The summed E-state index contributed by atoms with van der Waals surface area (Å²) in [6.07, 6.45) is 4.64. The minimum Gasteiger partial charge on any atom is -0.389 e. The molecule has 126 valence electrons. The molecule has 1 saturated carbocycles. The van der Waals surface area contributed by atoms with Gasteiger partial charge in [0.25, 0.3) is 0 Å². The molecule has 1 aliphatic carbocycles. The summed E-state index contributed by atoms with van der Waals surface area (Å²) < 4.78 is 10.2. The first-order chi connectivity index (χ1) is 10.00. The zero-order valence-electron chi connectivity index (χ0n) is 14.2. The van der Waals surface area contributed by atoms with Gasteiger partial charge < -0.3 is 24.8 Å². The lowest BCUT2D eigenvalue weighted by atomic mass is 9.75. The third-order valence-corrected chi connectivity index (χ3v) is 4.59. The van der Waals surface area contributed by atoms with Crippen LogP contribution in [0.15, 0.2) is 0 Å². The van der Waals surface area contributed by atoms with Gasteiger partial charge in [0.1, 0.15) is 0 Å². The summed E-state index contributed by atoms with van der Waals surface area (Å²) in [5, 5.41) is 13.3. The molecule has 1 fully saturated rings. The van der Waals surface area contributed by atoms with E-state index in [4.69, 9.17) is 9.47 Å². The van der Waals surface area contributed by atoms with E-state index in [1.165, 1.54) is 25.7 Å². The number of nitrogens with one attached hydrogen (secondary N) is 1. The number of hydrogen-bond acceptors (Lipinski definition) is 5. The van der Waals surface area contributed by atoms with Crippen LogP contribution in [0.3, 0.4) is 0 Å². The SMILES string of the molecule is COCCOCC(O)CNCC1(N(C)C)CCCC(C)C1. The van der Waals surface area contributed by atoms with Gasteiger partial charge in [0, 0.05) is 25.7 Å². The van der Waals surface area contributed by atoms with E-state index >= 15 is 0 Å². The molecule has 0 aromatic rings. The molecule has 0 aromatic heterocycles. The van der Waals surface area contributed by atoms with Crippen molar-refractivity contribution in [3.8, 4) is 0 Å². The second-order valence-electron chi connectivity index (χ2n) is 6.67. The van der Waals surface area contributed by atoms with E-state index in [0.717, 1.165) is 12.5 Å². The predicted molar refractivity (Wildman–Crippen MR) is 85.6 cm³/mol. The third-order valence-electron chi connectivity index (χ3n) is 4.59. The molecule has 5 nitrogen and oxygen atoms in total. The number of aliphatic hydroxyl groups is 1. The zero-order valence-corrected chi connectivity index (χ0v) is 14.2. The molecule has 0 amide bonds. The molecule has 5 heteroatoms. The number of rotatable bonds is 10. The van der Waals surface area contributed by atoms with Crippen LogP contribution in [-0.2, 0) is 9.47 Å². The molecule has 2 N–H and O–H groups in total. The van der Waals surface area contributed by atoms with Gasteiger partial charge in [0.05, 0.1) is 25.9 Å². The van der Waals surface area contributed by atoms with Crippen molar-refractivity contribution in [3.05, 3.63) is 0 Å². The zero-order chi connectivity index (χ0) is 15.7. The van der Waals surface area contributed by atoms with Crippen molar-refractivity contribution in [1.29, 1.82) is 0 Å². The second kappa shape index (κ2) is 9.74. The highest BCUT2D eigenvalue weighted by molar-refractivity contribution is 4.94. The topological polar surface area (TPSA) is 54.0 Å². The lowest BCUT2D eigenvalue weighted by Crippen LogP contribution is -2.55. The molecule has 3 unspecified atom stereocenters. The Morgan fingerprint density at radius 1 is 1.38 bits per heavy atom. The average molecular weight is 302 g/mol. The maximum Gasteiger partial charge on any atom is 0.0897 e. The van der Waals surface area contributed by atoms with Gasteiger partial charge in [0.15, 0.2) is 0 Å². The molecular formula is C16H34N2O3. The van der Waals surface area contributed by atoms with Crippen molar-refractivity contribution in [1.82, 2.24) is 10.2 Å². The summed E-state index contributed by atoms with van der Waals surface area (Å²) in [5.41, 5.74) is 0.230. The van der Waals surface area contributed by atoms with E-state index in [-0.39, 0.29) is 5.54 Å². The Morgan fingerprint density at radius 3 is 2.76 bits per heavy atom.